The molecule has 1 aliphatic rings. The van der Waals surface area contributed by atoms with E-state index in [-0.39, 0.29) is 16.7 Å². The molecule has 1 saturated heterocycles. The third kappa shape index (κ3) is 4.91. The third-order valence-electron chi connectivity index (χ3n) is 4.83. The van der Waals surface area contributed by atoms with Gasteiger partial charge >= 0.3 is 5.51 Å². The molecule has 4 rings (SSSR count). The van der Waals surface area contributed by atoms with Gasteiger partial charge in [0.2, 0.25) is 0 Å². The highest BCUT2D eigenvalue weighted by atomic mass is 32.2. The van der Waals surface area contributed by atoms with Crippen molar-refractivity contribution in [3.05, 3.63) is 66.6 Å². The van der Waals surface area contributed by atoms with Crippen LogP contribution < -0.4 is 4.90 Å². The number of nitrogens with zero attached hydrogens (tertiary/aromatic N) is 5. The molecule has 2 aromatic heterocycles. The van der Waals surface area contributed by atoms with Crippen LogP contribution in [0.2, 0.25) is 0 Å². The maximum Gasteiger partial charge on any atom is 0.446 e. The highest BCUT2D eigenvalue weighted by molar-refractivity contribution is 8.00. The maximum absolute atomic E-state index is 12.5. The Morgan fingerprint density at radius 2 is 1.93 bits per heavy atom. The highest BCUT2D eigenvalue weighted by Gasteiger charge is 2.30. The van der Waals surface area contributed by atoms with Gasteiger partial charge in [-0.05, 0) is 66.7 Å². The number of hydrogen-bond acceptors (Lipinski definition) is 5. The highest BCUT2D eigenvalue weighted by Crippen LogP contribution is 2.37. The second kappa shape index (κ2) is 8.08. The van der Waals surface area contributed by atoms with E-state index in [2.05, 4.69) is 26.8 Å². The van der Waals surface area contributed by atoms with Crippen molar-refractivity contribution in [3.63, 3.8) is 0 Å². The normalized spacial score (nSPS) is 17.8. The average Bonchev–Trinajstić information content (AvgIpc) is 3.32. The van der Waals surface area contributed by atoms with E-state index in [4.69, 9.17) is 0 Å². The predicted molar refractivity (Wildman–Crippen MR) is 107 cm³/mol. The van der Waals surface area contributed by atoms with E-state index < -0.39 is 5.51 Å². The fourth-order valence-electron chi connectivity index (χ4n) is 3.43. The van der Waals surface area contributed by atoms with Crippen molar-refractivity contribution < 1.29 is 13.2 Å². The van der Waals surface area contributed by atoms with Crippen LogP contribution in [0.3, 0.4) is 0 Å². The molecule has 1 atom stereocenters. The van der Waals surface area contributed by atoms with Gasteiger partial charge in [0.1, 0.15) is 0 Å². The van der Waals surface area contributed by atoms with E-state index in [1.54, 1.807) is 29.2 Å². The summed E-state index contributed by atoms with van der Waals surface area (Å²) in [6.45, 7) is 4.45. The zero-order valence-electron chi connectivity index (χ0n) is 15.8. The molecule has 3 aromatic rings. The van der Waals surface area contributed by atoms with Crippen LogP contribution in [0.15, 0.2) is 66.0 Å². The summed E-state index contributed by atoms with van der Waals surface area (Å²) in [6.07, 6.45) is 5.35. The van der Waals surface area contributed by atoms with E-state index in [0.29, 0.717) is 12.7 Å². The van der Waals surface area contributed by atoms with Gasteiger partial charge < -0.3 is 4.90 Å². The fraction of sp³-hybridized carbons (Fsp3) is 0.300. The van der Waals surface area contributed by atoms with Gasteiger partial charge in [-0.3, -0.25) is 4.90 Å². The summed E-state index contributed by atoms with van der Waals surface area (Å²) in [5.74, 6) is 0.772. The van der Waals surface area contributed by atoms with E-state index in [1.165, 1.54) is 12.1 Å². The number of benzene rings is 1. The van der Waals surface area contributed by atoms with Gasteiger partial charge in [0, 0.05) is 48.3 Å². The molecule has 152 valence electrons. The standard InChI is InChI=1S/C20H20F3N5S/c1-15-12-27(17-3-5-18(6-4-17)29-20(21,22)23)14-26(15)13-16-7-9-24-19(11-16)28-10-2-8-25-28/h2-11,15H,12-14H2,1H3. The van der Waals surface area contributed by atoms with Gasteiger partial charge in [-0.15, -0.1) is 0 Å². The summed E-state index contributed by atoms with van der Waals surface area (Å²) in [5, 5.41) is 4.22. The SMILES string of the molecule is CC1CN(c2ccc(SC(F)(F)F)cc2)CN1Cc1ccnc(-n2cccn2)c1. The van der Waals surface area contributed by atoms with Crippen molar-refractivity contribution in [2.75, 3.05) is 18.1 Å². The molecular formula is C20H20F3N5S. The molecular weight excluding hydrogens is 399 g/mol. The van der Waals surface area contributed by atoms with Crippen LogP contribution in [0, 0.1) is 0 Å². The van der Waals surface area contributed by atoms with Crippen LogP contribution in [0.5, 0.6) is 0 Å². The summed E-state index contributed by atoms with van der Waals surface area (Å²) in [6, 6.07) is 12.8. The van der Waals surface area contributed by atoms with Crippen molar-refractivity contribution in [2.45, 2.75) is 29.9 Å². The van der Waals surface area contributed by atoms with Crippen LogP contribution in [0.1, 0.15) is 12.5 Å². The number of pyridine rings is 1. The average molecular weight is 419 g/mol. The molecule has 29 heavy (non-hydrogen) atoms. The molecule has 1 aliphatic heterocycles. The largest absolute Gasteiger partial charge is 0.446 e. The molecule has 0 radical (unpaired) electrons. The van der Waals surface area contributed by atoms with Crippen molar-refractivity contribution in [1.82, 2.24) is 19.7 Å². The van der Waals surface area contributed by atoms with Gasteiger partial charge in [-0.1, -0.05) is 0 Å². The Morgan fingerprint density at radius 3 is 2.62 bits per heavy atom. The Labute approximate surface area is 171 Å². The van der Waals surface area contributed by atoms with E-state index in [0.717, 1.165) is 30.2 Å². The zero-order valence-corrected chi connectivity index (χ0v) is 16.6. The lowest BCUT2D eigenvalue weighted by atomic mass is 10.2. The minimum Gasteiger partial charge on any atom is -0.357 e. The number of anilines is 1. The lowest BCUT2D eigenvalue weighted by Gasteiger charge is -2.21. The fourth-order valence-corrected chi connectivity index (χ4v) is 3.96. The minimum absolute atomic E-state index is 0.0869. The Hall–Kier alpha value is -2.52. The molecule has 9 heteroatoms. The summed E-state index contributed by atoms with van der Waals surface area (Å²) in [4.78, 5) is 9.08. The molecule has 1 unspecified atom stereocenters. The van der Waals surface area contributed by atoms with Crippen LogP contribution in [0.25, 0.3) is 5.82 Å². The number of halogens is 3. The maximum atomic E-state index is 12.5. The lowest BCUT2D eigenvalue weighted by Crippen LogP contribution is -2.28. The third-order valence-corrected chi connectivity index (χ3v) is 5.57. The van der Waals surface area contributed by atoms with Gasteiger partial charge in [0.15, 0.2) is 5.82 Å². The quantitative estimate of drug-likeness (QED) is 0.568. The molecule has 0 saturated carbocycles. The van der Waals surface area contributed by atoms with Crippen LogP contribution in [-0.4, -0.2) is 44.4 Å². The van der Waals surface area contributed by atoms with Crippen LogP contribution >= 0.6 is 11.8 Å². The number of aromatic nitrogens is 3. The first-order chi connectivity index (χ1) is 13.9. The Bertz CT molecular complexity index is 944. The van der Waals surface area contributed by atoms with Crippen molar-refractivity contribution >= 4 is 17.4 Å². The second-order valence-electron chi connectivity index (χ2n) is 6.97. The minimum atomic E-state index is -4.26. The van der Waals surface area contributed by atoms with Gasteiger partial charge in [0.25, 0.3) is 0 Å². The van der Waals surface area contributed by atoms with Gasteiger partial charge in [-0.2, -0.15) is 18.3 Å². The molecule has 5 nitrogen and oxygen atoms in total. The molecule has 0 bridgehead atoms. The topological polar surface area (TPSA) is 37.2 Å². The predicted octanol–water partition coefficient (Wildman–Crippen LogP) is 4.55. The molecule has 1 aromatic carbocycles. The van der Waals surface area contributed by atoms with E-state index in [1.807, 2.05) is 24.4 Å². The number of thioether (sulfide) groups is 1. The monoisotopic (exact) mass is 419 g/mol. The molecule has 0 aliphatic carbocycles. The first-order valence-electron chi connectivity index (χ1n) is 9.17. The Balaban J connectivity index is 1.42. The number of rotatable bonds is 5. The summed E-state index contributed by atoms with van der Waals surface area (Å²) in [7, 11) is 0. The van der Waals surface area contributed by atoms with Crippen LogP contribution in [0.4, 0.5) is 18.9 Å². The van der Waals surface area contributed by atoms with Crippen molar-refractivity contribution in [1.29, 1.82) is 0 Å². The molecule has 1 fully saturated rings. The van der Waals surface area contributed by atoms with Crippen molar-refractivity contribution in [2.24, 2.45) is 0 Å². The van der Waals surface area contributed by atoms with Crippen LogP contribution in [-0.2, 0) is 6.54 Å². The Morgan fingerprint density at radius 1 is 1.14 bits per heavy atom. The zero-order chi connectivity index (χ0) is 20.4. The molecule has 3 heterocycles. The van der Waals surface area contributed by atoms with E-state index in [9.17, 15) is 13.2 Å². The van der Waals surface area contributed by atoms with Gasteiger partial charge in [-0.25, -0.2) is 9.67 Å². The summed E-state index contributed by atoms with van der Waals surface area (Å²) < 4.78 is 39.2. The second-order valence-corrected chi connectivity index (χ2v) is 8.11. The first kappa shape index (κ1) is 19.8. The first-order valence-corrected chi connectivity index (χ1v) is 9.99. The molecule has 0 amide bonds. The van der Waals surface area contributed by atoms with E-state index >= 15 is 0 Å². The lowest BCUT2D eigenvalue weighted by molar-refractivity contribution is -0.0328. The number of alkyl halides is 3. The number of hydrogen-bond donors (Lipinski definition) is 0. The van der Waals surface area contributed by atoms with Crippen molar-refractivity contribution in [3.8, 4) is 5.82 Å². The summed E-state index contributed by atoms with van der Waals surface area (Å²) in [5.41, 5.74) is -2.20. The van der Waals surface area contributed by atoms with Gasteiger partial charge in [0.05, 0.1) is 6.67 Å². The summed E-state index contributed by atoms with van der Waals surface area (Å²) >= 11 is -0.0869. The molecule has 0 spiro atoms. The smallest absolute Gasteiger partial charge is 0.357 e. The molecule has 0 N–H and O–H groups in total. The Kier molecular flexibility index (Phi) is 5.51.